The molecule has 0 amide bonds. The average molecular weight is 283 g/mol. The Morgan fingerprint density at radius 2 is 2.00 bits per heavy atom. The number of hydrogen-bond donors (Lipinski definition) is 0. The Morgan fingerprint density at radius 1 is 1.24 bits per heavy atom. The molecule has 4 nitrogen and oxygen atoms in total. The van der Waals surface area contributed by atoms with E-state index in [1.54, 1.807) is 7.11 Å². The summed E-state index contributed by atoms with van der Waals surface area (Å²) in [7, 11) is 3.77. The molecule has 21 heavy (non-hydrogen) atoms. The molecule has 1 heterocycles. The summed E-state index contributed by atoms with van der Waals surface area (Å²) in [6, 6.07) is 10.1. The van der Waals surface area contributed by atoms with Crippen LogP contribution in [0.1, 0.15) is 35.8 Å². The number of rotatable bonds is 5. The van der Waals surface area contributed by atoms with Gasteiger partial charge in [0.15, 0.2) is 0 Å². The lowest BCUT2D eigenvalue weighted by Crippen LogP contribution is -2.19. The van der Waals surface area contributed by atoms with Crippen LogP contribution in [0, 0.1) is 6.92 Å². The van der Waals surface area contributed by atoms with Crippen molar-refractivity contribution < 1.29 is 4.74 Å². The van der Waals surface area contributed by atoms with Crippen molar-refractivity contribution in [3.8, 4) is 5.75 Å². The zero-order valence-electron chi connectivity index (χ0n) is 12.8. The maximum Gasteiger partial charge on any atom is 0.134 e. The average Bonchev–Trinajstić information content (AvgIpc) is 3.32. The fraction of sp³-hybridized carbons (Fsp3) is 0.412. The van der Waals surface area contributed by atoms with Crippen molar-refractivity contribution in [1.29, 1.82) is 0 Å². The molecule has 1 saturated carbocycles. The van der Waals surface area contributed by atoms with Gasteiger partial charge in [0.2, 0.25) is 0 Å². The van der Waals surface area contributed by atoms with Crippen molar-refractivity contribution in [3.63, 3.8) is 0 Å². The summed E-state index contributed by atoms with van der Waals surface area (Å²) in [5.74, 6) is 3.47. The van der Waals surface area contributed by atoms with Crippen LogP contribution in [0.3, 0.4) is 0 Å². The molecular formula is C17H21N3O. The predicted molar refractivity (Wildman–Crippen MR) is 83.8 cm³/mol. The number of hydrogen-bond acceptors (Lipinski definition) is 4. The number of anilines is 1. The fourth-order valence-electron chi connectivity index (χ4n) is 2.46. The smallest absolute Gasteiger partial charge is 0.134 e. The van der Waals surface area contributed by atoms with Crippen molar-refractivity contribution in [1.82, 2.24) is 9.97 Å². The Hall–Kier alpha value is -2.10. The van der Waals surface area contributed by atoms with Crippen LogP contribution in [0.25, 0.3) is 0 Å². The maximum absolute atomic E-state index is 5.42. The van der Waals surface area contributed by atoms with Gasteiger partial charge in [-0.3, -0.25) is 0 Å². The van der Waals surface area contributed by atoms with Gasteiger partial charge in [0.1, 0.15) is 17.4 Å². The zero-order chi connectivity index (χ0) is 14.8. The lowest BCUT2D eigenvalue weighted by Gasteiger charge is -2.20. The van der Waals surface area contributed by atoms with Gasteiger partial charge in [0.05, 0.1) is 7.11 Å². The van der Waals surface area contributed by atoms with E-state index in [0.717, 1.165) is 35.2 Å². The third-order valence-electron chi connectivity index (χ3n) is 3.79. The van der Waals surface area contributed by atoms with Crippen molar-refractivity contribution in [3.05, 3.63) is 47.4 Å². The molecule has 0 N–H and O–H groups in total. The Balaban J connectivity index is 1.83. The van der Waals surface area contributed by atoms with Crippen molar-refractivity contribution in [2.75, 3.05) is 19.1 Å². The van der Waals surface area contributed by atoms with E-state index in [9.17, 15) is 0 Å². The van der Waals surface area contributed by atoms with E-state index < -0.39 is 0 Å². The molecular weight excluding hydrogens is 262 g/mol. The van der Waals surface area contributed by atoms with Crippen LogP contribution < -0.4 is 9.64 Å². The van der Waals surface area contributed by atoms with Gasteiger partial charge in [-0.1, -0.05) is 18.2 Å². The molecule has 0 saturated heterocycles. The van der Waals surface area contributed by atoms with E-state index in [1.165, 1.54) is 12.8 Å². The molecule has 110 valence electrons. The molecule has 0 unspecified atom stereocenters. The molecule has 1 aromatic heterocycles. The Morgan fingerprint density at radius 3 is 2.71 bits per heavy atom. The zero-order valence-corrected chi connectivity index (χ0v) is 12.8. The quantitative estimate of drug-likeness (QED) is 0.844. The third kappa shape index (κ3) is 3.15. The molecule has 1 fully saturated rings. The molecule has 1 aliphatic carbocycles. The molecule has 0 spiro atoms. The minimum atomic E-state index is 0.573. The van der Waals surface area contributed by atoms with Crippen LogP contribution in [-0.2, 0) is 6.54 Å². The highest BCUT2D eigenvalue weighted by molar-refractivity contribution is 5.43. The van der Waals surface area contributed by atoms with Gasteiger partial charge >= 0.3 is 0 Å². The van der Waals surface area contributed by atoms with Gasteiger partial charge < -0.3 is 9.64 Å². The fourth-order valence-corrected chi connectivity index (χ4v) is 2.46. The van der Waals surface area contributed by atoms with Gasteiger partial charge in [0, 0.05) is 36.8 Å². The Kier molecular flexibility index (Phi) is 3.78. The molecule has 4 heteroatoms. The molecule has 2 aromatic rings. The largest absolute Gasteiger partial charge is 0.496 e. The molecule has 0 bridgehead atoms. The highest BCUT2D eigenvalue weighted by Gasteiger charge is 2.27. The Labute approximate surface area is 125 Å². The molecule has 0 radical (unpaired) electrons. The van der Waals surface area contributed by atoms with Crippen LogP contribution in [0.2, 0.25) is 0 Å². The lowest BCUT2D eigenvalue weighted by molar-refractivity contribution is 0.409. The van der Waals surface area contributed by atoms with Gasteiger partial charge in [-0.2, -0.15) is 0 Å². The van der Waals surface area contributed by atoms with Gasteiger partial charge in [-0.05, 0) is 25.8 Å². The number of benzene rings is 1. The van der Waals surface area contributed by atoms with Crippen molar-refractivity contribution in [2.45, 2.75) is 32.2 Å². The topological polar surface area (TPSA) is 38.2 Å². The first kappa shape index (κ1) is 13.9. The van der Waals surface area contributed by atoms with Crippen LogP contribution >= 0.6 is 0 Å². The monoisotopic (exact) mass is 283 g/mol. The second kappa shape index (κ2) is 5.72. The number of aryl methyl sites for hydroxylation is 1. The summed E-state index contributed by atoms with van der Waals surface area (Å²) in [6.07, 6.45) is 2.44. The molecule has 1 aromatic carbocycles. The molecule has 1 aliphatic rings. The van der Waals surface area contributed by atoms with E-state index in [2.05, 4.69) is 23.0 Å². The van der Waals surface area contributed by atoms with E-state index in [-0.39, 0.29) is 0 Å². The van der Waals surface area contributed by atoms with Crippen LogP contribution in [0.15, 0.2) is 30.3 Å². The van der Waals surface area contributed by atoms with E-state index in [4.69, 9.17) is 9.72 Å². The first-order chi connectivity index (χ1) is 10.2. The van der Waals surface area contributed by atoms with Gasteiger partial charge in [-0.15, -0.1) is 0 Å². The van der Waals surface area contributed by atoms with Gasteiger partial charge in [-0.25, -0.2) is 9.97 Å². The minimum absolute atomic E-state index is 0.573. The normalized spacial score (nSPS) is 14.0. The summed E-state index contributed by atoms with van der Waals surface area (Å²) >= 11 is 0. The highest BCUT2D eigenvalue weighted by Crippen LogP contribution is 2.38. The number of aromatic nitrogens is 2. The number of nitrogens with zero attached hydrogens (tertiary/aromatic N) is 3. The van der Waals surface area contributed by atoms with Gasteiger partial charge in [0.25, 0.3) is 0 Å². The summed E-state index contributed by atoms with van der Waals surface area (Å²) in [4.78, 5) is 11.4. The van der Waals surface area contributed by atoms with E-state index in [1.807, 2.05) is 31.2 Å². The summed E-state index contributed by atoms with van der Waals surface area (Å²) < 4.78 is 5.42. The molecule has 3 rings (SSSR count). The molecule has 0 aliphatic heterocycles. The Bertz CT molecular complexity index is 638. The van der Waals surface area contributed by atoms with Crippen LogP contribution in [-0.4, -0.2) is 24.1 Å². The highest BCUT2D eigenvalue weighted by atomic mass is 16.5. The van der Waals surface area contributed by atoms with E-state index >= 15 is 0 Å². The summed E-state index contributed by atoms with van der Waals surface area (Å²) in [6.45, 7) is 2.80. The van der Waals surface area contributed by atoms with Crippen molar-refractivity contribution >= 4 is 5.82 Å². The van der Waals surface area contributed by atoms with E-state index in [0.29, 0.717) is 5.92 Å². The summed E-state index contributed by atoms with van der Waals surface area (Å²) in [5.41, 5.74) is 2.19. The first-order valence-corrected chi connectivity index (χ1v) is 7.36. The second-order valence-electron chi connectivity index (χ2n) is 5.67. The van der Waals surface area contributed by atoms with Crippen molar-refractivity contribution in [2.24, 2.45) is 0 Å². The lowest BCUT2D eigenvalue weighted by atomic mass is 10.2. The first-order valence-electron chi connectivity index (χ1n) is 7.36. The van der Waals surface area contributed by atoms with Crippen LogP contribution in [0.4, 0.5) is 5.82 Å². The maximum atomic E-state index is 5.42. The minimum Gasteiger partial charge on any atom is -0.496 e. The SMILES string of the molecule is COc1ccccc1CN(C)c1cc(C)nc(C2CC2)n1. The second-order valence-corrected chi connectivity index (χ2v) is 5.67. The summed E-state index contributed by atoms with van der Waals surface area (Å²) in [5, 5.41) is 0. The standard InChI is InChI=1S/C17H21N3O/c1-12-10-16(19-17(18-12)13-8-9-13)20(2)11-14-6-4-5-7-15(14)21-3/h4-7,10,13H,8-9,11H2,1-3H3. The number of ether oxygens (including phenoxy) is 1. The third-order valence-corrected chi connectivity index (χ3v) is 3.79. The number of para-hydroxylation sites is 1. The molecule has 0 atom stereocenters. The van der Waals surface area contributed by atoms with Crippen LogP contribution in [0.5, 0.6) is 5.75 Å². The number of methoxy groups -OCH3 is 1. The predicted octanol–water partition coefficient (Wildman–Crippen LogP) is 3.31.